The predicted octanol–water partition coefficient (Wildman–Crippen LogP) is 2.20. The molecule has 2 atom stereocenters. The lowest BCUT2D eigenvalue weighted by atomic mass is 9.93. The maximum Gasteiger partial charge on any atom is 0.332 e. The fraction of sp³-hybridized carbons (Fsp3) is 0.438. The molecule has 1 saturated carbocycles. The van der Waals surface area contributed by atoms with Gasteiger partial charge in [0.1, 0.15) is 11.6 Å². The van der Waals surface area contributed by atoms with Gasteiger partial charge in [-0.15, -0.1) is 0 Å². The highest BCUT2D eigenvalue weighted by molar-refractivity contribution is 6.33. The van der Waals surface area contributed by atoms with Gasteiger partial charge in [-0.05, 0) is 43.9 Å². The molecule has 0 aromatic heterocycles. The van der Waals surface area contributed by atoms with E-state index < -0.39 is 23.6 Å². The molecule has 7 heteroatoms. The number of aliphatic hydroxyl groups excluding tert-OH is 1. The van der Waals surface area contributed by atoms with Crippen LogP contribution in [-0.4, -0.2) is 40.6 Å². The SMILES string of the molecule is Cc1c(N2C(=O)N(C)[C@@]3(CCC[C@@H]3O)C2=O)ccc(C#N)c1Cl. The Bertz CT molecular complexity index is 758. The van der Waals surface area contributed by atoms with Gasteiger partial charge in [0.25, 0.3) is 5.91 Å². The van der Waals surface area contributed by atoms with E-state index in [1.165, 1.54) is 18.0 Å². The van der Waals surface area contributed by atoms with E-state index in [0.29, 0.717) is 30.5 Å². The second-order valence-corrected chi connectivity index (χ2v) is 6.38. The van der Waals surface area contributed by atoms with Crippen molar-refractivity contribution in [3.05, 3.63) is 28.3 Å². The molecule has 2 fully saturated rings. The molecular weight excluding hydrogens is 318 g/mol. The number of aliphatic hydroxyl groups is 1. The fourth-order valence-corrected chi connectivity index (χ4v) is 3.77. The molecule has 1 N–H and O–H groups in total. The summed E-state index contributed by atoms with van der Waals surface area (Å²) >= 11 is 6.15. The van der Waals surface area contributed by atoms with Gasteiger partial charge >= 0.3 is 6.03 Å². The van der Waals surface area contributed by atoms with Crippen LogP contribution in [0.2, 0.25) is 5.02 Å². The quantitative estimate of drug-likeness (QED) is 0.798. The molecule has 0 unspecified atom stereocenters. The number of rotatable bonds is 1. The Balaban J connectivity index is 2.12. The molecule has 0 radical (unpaired) electrons. The highest BCUT2D eigenvalue weighted by Gasteiger charge is 2.62. The number of imide groups is 1. The molecular formula is C16H16ClN3O3. The smallest absolute Gasteiger partial charge is 0.332 e. The van der Waals surface area contributed by atoms with E-state index in [4.69, 9.17) is 16.9 Å². The van der Waals surface area contributed by atoms with Crippen LogP contribution >= 0.6 is 11.6 Å². The lowest BCUT2D eigenvalue weighted by Crippen LogP contribution is -2.53. The van der Waals surface area contributed by atoms with E-state index in [2.05, 4.69) is 0 Å². The minimum atomic E-state index is -1.19. The summed E-state index contributed by atoms with van der Waals surface area (Å²) in [5, 5.41) is 19.5. The van der Waals surface area contributed by atoms with Crippen molar-refractivity contribution in [2.45, 2.75) is 37.8 Å². The Kier molecular flexibility index (Phi) is 3.58. The first-order valence-corrected chi connectivity index (χ1v) is 7.73. The van der Waals surface area contributed by atoms with Gasteiger partial charge in [-0.2, -0.15) is 5.26 Å². The van der Waals surface area contributed by atoms with Crippen LogP contribution in [0.15, 0.2) is 12.1 Å². The summed E-state index contributed by atoms with van der Waals surface area (Å²) in [6, 6.07) is 4.52. The van der Waals surface area contributed by atoms with Gasteiger partial charge in [-0.3, -0.25) is 4.79 Å². The van der Waals surface area contributed by atoms with Crippen molar-refractivity contribution < 1.29 is 14.7 Å². The summed E-state index contributed by atoms with van der Waals surface area (Å²) in [4.78, 5) is 28.0. The molecule has 6 nitrogen and oxygen atoms in total. The van der Waals surface area contributed by atoms with Crippen LogP contribution < -0.4 is 4.90 Å². The first kappa shape index (κ1) is 15.8. The molecule has 3 rings (SSSR count). The van der Waals surface area contributed by atoms with Crippen LogP contribution in [0.5, 0.6) is 0 Å². The number of nitrogens with zero attached hydrogens (tertiary/aromatic N) is 3. The third-order valence-corrected chi connectivity index (χ3v) is 5.44. The Labute approximate surface area is 138 Å². The van der Waals surface area contributed by atoms with E-state index in [1.807, 2.05) is 6.07 Å². The highest BCUT2D eigenvalue weighted by atomic mass is 35.5. The largest absolute Gasteiger partial charge is 0.390 e. The molecule has 1 aliphatic carbocycles. The Morgan fingerprint density at radius 1 is 1.43 bits per heavy atom. The maximum atomic E-state index is 13.0. The van der Waals surface area contributed by atoms with Crippen molar-refractivity contribution >= 4 is 29.2 Å². The zero-order valence-corrected chi connectivity index (χ0v) is 13.6. The van der Waals surface area contributed by atoms with Crippen molar-refractivity contribution in [1.82, 2.24) is 4.90 Å². The minimum absolute atomic E-state index is 0.223. The summed E-state index contributed by atoms with van der Waals surface area (Å²) in [7, 11) is 1.54. The number of carbonyl (C=O) groups is 2. The van der Waals surface area contributed by atoms with Gasteiger partial charge < -0.3 is 10.0 Å². The van der Waals surface area contributed by atoms with Gasteiger partial charge in [0.05, 0.1) is 22.4 Å². The second kappa shape index (κ2) is 5.22. The standard InChI is InChI=1S/C16H16ClN3O3/c1-9-11(6-5-10(8-18)13(9)17)20-14(22)16(19(2)15(20)23)7-3-4-12(16)21/h5-6,12,21H,3-4,7H2,1-2H3/t12-,16+/m0/s1. The molecule has 1 aromatic carbocycles. The molecule has 1 saturated heterocycles. The third kappa shape index (κ3) is 1.90. The number of halogens is 1. The van der Waals surface area contributed by atoms with Crippen LogP contribution in [0.3, 0.4) is 0 Å². The van der Waals surface area contributed by atoms with Crippen LogP contribution in [0, 0.1) is 18.3 Å². The summed E-state index contributed by atoms with van der Waals surface area (Å²) in [6.45, 7) is 1.66. The number of amides is 3. The van der Waals surface area contributed by atoms with Gasteiger partial charge in [-0.25, -0.2) is 9.69 Å². The number of carbonyl (C=O) groups excluding carboxylic acids is 2. The number of hydrogen-bond acceptors (Lipinski definition) is 4. The molecule has 3 amide bonds. The van der Waals surface area contributed by atoms with Crippen molar-refractivity contribution in [3.8, 4) is 6.07 Å². The first-order chi connectivity index (χ1) is 10.9. The molecule has 1 heterocycles. The number of likely N-dealkylation sites (N-methyl/N-ethyl adjacent to an activating group) is 1. The van der Waals surface area contributed by atoms with E-state index in [9.17, 15) is 14.7 Å². The molecule has 1 aliphatic heterocycles. The van der Waals surface area contributed by atoms with E-state index in [-0.39, 0.29) is 10.6 Å². The predicted molar refractivity (Wildman–Crippen MR) is 84.1 cm³/mol. The van der Waals surface area contributed by atoms with Gasteiger partial charge in [0.2, 0.25) is 0 Å². The zero-order chi connectivity index (χ0) is 16.9. The summed E-state index contributed by atoms with van der Waals surface area (Å²) < 4.78 is 0. The van der Waals surface area contributed by atoms with Crippen molar-refractivity contribution in [2.24, 2.45) is 0 Å². The molecule has 1 spiro atoms. The normalized spacial score (nSPS) is 27.2. The van der Waals surface area contributed by atoms with Gasteiger partial charge in [0, 0.05) is 7.05 Å². The molecule has 120 valence electrons. The van der Waals surface area contributed by atoms with Crippen LogP contribution in [-0.2, 0) is 4.79 Å². The fourth-order valence-electron chi connectivity index (χ4n) is 3.57. The summed E-state index contributed by atoms with van der Waals surface area (Å²) in [5.74, 6) is -0.432. The summed E-state index contributed by atoms with van der Waals surface area (Å²) in [6.07, 6.45) is 0.744. The monoisotopic (exact) mass is 333 g/mol. The number of hydrogen-bond donors (Lipinski definition) is 1. The molecule has 0 bridgehead atoms. The lowest BCUT2D eigenvalue weighted by molar-refractivity contribution is -0.128. The Morgan fingerprint density at radius 2 is 2.13 bits per heavy atom. The van der Waals surface area contributed by atoms with Crippen LogP contribution in [0.4, 0.5) is 10.5 Å². The lowest BCUT2D eigenvalue weighted by Gasteiger charge is -2.31. The van der Waals surface area contributed by atoms with Crippen LogP contribution in [0.1, 0.15) is 30.4 Å². The van der Waals surface area contributed by atoms with E-state index >= 15 is 0 Å². The molecule has 1 aromatic rings. The Hall–Kier alpha value is -2.10. The van der Waals surface area contributed by atoms with Gasteiger partial charge in [-0.1, -0.05) is 11.6 Å². The Morgan fingerprint density at radius 3 is 2.70 bits per heavy atom. The number of benzene rings is 1. The summed E-state index contributed by atoms with van der Waals surface area (Å²) in [5.41, 5.74) is -0.0580. The highest BCUT2D eigenvalue weighted by Crippen LogP contribution is 2.44. The average Bonchev–Trinajstić information content (AvgIpc) is 3.00. The molecule has 23 heavy (non-hydrogen) atoms. The first-order valence-electron chi connectivity index (χ1n) is 7.36. The second-order valence-electron chi connectivity index (χ2n) is 6.00. The average molecular weight is 334 g/mol. The van der Waals surface area contributed by atoms with Crippen molar-refractivity contribution in [2.75, 3.05) is 11.9 Å². The van der Waals surface area contributed by atoms with Crippen molar-refractivity contribution in [3.63, 3.8) is 0 Å². The van der Waals surface area contributed by atoms with Crippen molar-refractivity contribution in [1.29, 1.82) is 5.26 Å². The number of nitriles is 1. The topological polar surface area (TPSA) is 84.6 Å². The number of urea groups is 1. The minimum Gasteiger partial charge on any atom is -0.390 e. The van der Waals surface area contributed by atoms with E-state index in [1.54, 1.807) is 13.0 Å². The zero-order valence-electron chi connectivity index (χ0n) is 12.8. The van der Waals surface area contributed by atoms with Crippen LogP contribution in [0.25, 0.3) is 0 Å². The van der Waals surface area contributed by atoms with E-state index in [0.717, 1.165) is 4.90 Å². The number of anilines is 1. The third-order valence-electron chi connectivity index (χ3n) is 4.96. The van der Waals surface area contributed by atoms with Gasteiger partial charge in [0.15, 0.2) is 0 Å². The molecule has 2 aliphatic rings. The maximum absolute atomic E-state index is 13.0.